The highest BCUT2D eigenvalue weighted by molar-refractivity contribution is 6.43. The summed E-state index contributed by atoms with van der Waals surface area (Å²) in [6.07, 6.45) is -4.75. The van der Waals surface area contributed by atoms with E-state index in [0.29, 0.717) is 0 Å². The van der Waals surface area contributed by atoms with E-state index in [2.05, 4.69) is 4.99 Å². The second-order valence-electron chi connectivity index (χ2n) is 2.52. The molecule has 86 valence electrons. The molecule has 8 heteroatoms. The van der Waals surface area contributed by atoms with Crippen molar-refractivity contribution in [1.82, 2.24) is 0 Å². The summed E-state index contributed by atoms with van der Waals surface area (Å²) in [7, 11) is 0. The van der Waals surface area contributed by atoms with Crippen LogP contribution in [-0.2, 0) is 4.79 Å². The normalized spacial score (nSPS) is 14.9. The van der Waals surface area contributed by atoms with Crippen molar-refractivity contribution in [2.24, 2.45) is 10.7 Å². The second kappa shape index (κ2) is 5.01. The molecule has 0 aromatic carbocycles. The number of hydrogen-bond acceptors (Lipinski definition) is 3. The number of carbonyl (C=O) groups is 1. The van der Waals surface area contributed by atoms with Crippen molar-refractivity contribution < 1.29 is 23.1 Å². The highest BCUT2D eigenvalue weighted by Crippen LogP contribution is 2.26. The van der Waals surface area contributed by atoms with Crippen LogP contribution in [0.4, 0.5) is 13.2 Å². The minimum Gasteiger partial charge on any atom is -0.480 e. The lowest BCUT2D eigenvalue weighted by molar-refractivity contribution is -0.135. The van der Waals surface area contributed by atoms with Gasteiger partial charge in [0.15, 0.2) is 0 Å². The second-order valence-corrected chi connectivity index (χ2v) is 2.90. The largest absolute Gasteiger partial charge is 0.480 e. The maximum Gasteiger partial charge on any atom is 0.432 e. The van der Waals surface area contributed by atoms with Crippen molar-refractivity contribution in [2.45, 2.75) is 13.1 Å². The van der Waals surface area contributed by atoms with Crippen molar-refractivity contribution >= 4 is 23.3 Å². The first-order valence-corrected chi connectivity index (χ1v) is 3.99. The molecule has 0 heterocycles. The molecule has 0 rings (SSSR count). The molecular weight excluding hydrogens is 237 g/mol. The molecule has 0 aromatic rings. The number of allylic oxidation sites excluding steroid dienone is 2. The summed E-state index contributed by atoms with van der Waals surface area (Å²) in [6.45, 7) is 0.483. The van der Waals surface area contributed by atoms with Crippen LogP contribution in [0.15, 0.2) is 15.7 Å². The molecular formula is C7H8ClF3N2O2. The number of alkyl halides is 3. The van der Waals surface area contributed by atoms with Crippen molar-refractivity contribution in [1.29, 1.82) is 0 Å². The average molecular weight is 245 g/mol. The summed E-state index contributed by atoms with van der Waals surface area (Å²) in [5.74, 6) is -1.27. The van der Waals surface area contributed by atoms with E-state index < -0.39 is 29.4 Å². The molecule has 0 amide bonds. The number of carboxylic acids is 1. The van der Waals surface area contributed by atoms with Gasteiger partial charge in [0.2, 0.25) is 0 Å². The number of nitrogens with two attached hydrogens (primary N) is 1. The third kappa shape index (κ3) is 4.68. The number of halogens is 4. The molecule has 0 atom stereocenters. The van der Waals surface area contributed by atoms with Crippen LogP contribution < -0.4 is 5.73 Å². The highest BCUT2D eigenvalue weighted by Gasteiger charge is 2.34. The molecule has 0 bridgehead atoms. The predicted octanol–water partition coefficient (Wildman–Crippen LogP) is 1.50. The highest BCUT2D eigenvalue weighted by atomic mass is 35.5. The summed E-state index contributed by atoms with van der Waals surface area (Å²) in [4.78, 5) is 13.4. The topological polar surface area (TPSA) is 75.7 Å². The molecule has 15 heavy (non-hydrogen) atoms. The molecule has 0 aromatic heterocycles. The summed E-state index contributed by atoms with van der Waals surface area (Å²) in [5.41, 5.74) is 2.94. The fraction of sp³-hybridized carbons (Fsp3) is 0.429. The average Bonchev–Trinajstić information content (AvgIpc) is 2.10. The SMILES string of the molecule is CC(=NCC(=O)O)C(Cl)=C(N)C(F)(F)F. The van der Waals surface area contributed by atoms with Gasteiger partial charge in [0.25, 0.3) is 0 Å². The Morgan fingerprint density at radius 1 is 1.53 bits per heavy atom. The number of hydrogen-bond donors (Lipinski definition) is 2. The first kappa shape index (κ1) is 13.8. The van der Waals surface area contributed by atoms with E-state index in [4.69, 9.17) is 22.4 Å². The first-order chi connectivity index (χ1) is 6.66. The van der Waals surface area contributed by atoms with Gasteiger partial charge in [-0.15, -0.1) is 0 Å². The Labute approximate surface area is 88.2 Å². The number of aliphatic imine (C=N–C) groups is 1. The van der Waals surface area contributed by atoms with Crippen LogP contribution in [0.1, 0.15) is 6.92 Å². The minimum absolute atomic E-state index is 0.270. The van der Waals surface area contributed by atoms with Crippen LogP contribution in [0.2, 0.25) is 0 Å². The molecule has 0 aliphatic carbocycles. The van der Waals surface area contributed by atoms with Crippen LogP contribution in [0.3, 0.4) is 0 Å². The molecule has 0 radical (unpaired) electrons. The fourth-order valence-corrected chi connectivity index (χ4v) is 0.742. The minimum atomic E-state index is -4.75. The number of aliphatic carboxylic acids is 1. The zero-order chi connectivity index (χ0) is 12.2. The van der Waals surface area contributed by atoms with E-state index in [1.165, 1.54) is 0 Å². The number of nitrogens with zero attached hydrogens (tertiary/aromatic N) is 1. The van der Waals surface area contributed by atoms with Crippen LogP contribution in [0.5, 0.6) is 0 Å². The van der Waals surface area contributed by atoms with Gasteiger partial charge < -0.3 is 10.8 Å². The third-order valence-corrected chi connectivity index (χ3v) is 1.79. The van der Waals surface area contributed by atoms with Gasteiger partial charge in [0.05, 0.1) is 10.7 Å². The Hall–Kier alpha value is -1.24. The molecule has 3 N–H and O–H groups in total. The van der Waals surface area contributed by atoms with E-state index in [-0.39, 0.29) is 5.71 Å². The van der Waals surface area contributed by atoms with E-state index in [0.717, 1.165) is 6.92 Å². The van der Waals surface area contributed by atoms with Gasteiger partial charge >= 0.3 is 12.1 Å². The molecule has 0 aliphatic rings. The zero-order valence-electron chi connectivity index (χ0n) is 7.60. The lowest BCUT2D eigenvalue weighted by atomic mass is 10.3. The monoisotopic (exact) mass is 244 g/mol. The van der Waals surface area contributed by atoms with E-state index in [1.54, 1.807) is 0 Å². The Morgan fingerprint density at radius 2 is 2.00 bits per heavy atom. The molecule has 0 unspecified atom stereocenters. The standard InChI is InChI=1S/C7H8ClF3N2O2/c1-3(13-2-4(14)15)5(8)6(12)7(9,10)11/h2,12H2,1H3,(H,14,15). The summed E-state index contributed by atoms with van der Waals surface area (Å²) in [5, 5.41) is 7.43. The number of rotatable bonds is 3. The van der Waals surface area contributed by atoms with Gasteiger partial charge in [0.1, 0.15) is 12.2 Å². The van der Waals surface area contributed by atoms with E-state index >= 15 is 0 Å². The van der Waals surface area contributed by atoms with Crippen molar-refractivity contribution in [2.75, 3.05) is 6.54 Å². The van der Waals surface area contributed by atoms with Crippen LogP contribution in [0.25, 0.3) is 0 Å². The van der Waals surface area contributed by atoms with Gasteiger partial charge in [-0.05, 0) is 6.92 Å². The maximum absolute atomic E-state index is 12.0. The first-order valence-electron chi connectivity index (χ1n) is 3.62. The van der Waals surface area contributed by atoms with E-state index in [1.807, 2.05) is 0 Å². The predicted molar refractivity (Wildman–Crippen MR) is 48.7 cm³/mol. The Kier molecular flexibility index (Phi) is 4.60. The Bertz CT molecular complexity index is 323. The Balaban J connectivity index is 4.92. The number of carboxylic acid groups (broad SMARTS) is 1. The van der Waals surface area contributed by atoms with Crippen LogP contribution in [0, 0.1) is 0 Å². The molecule has 0 spiro atoms. The van der Waals surface area contributed by atoms with Crippen molar-refractivity contribution in [3.8, 4) is 0 Å². The van der Waals surface area contributed by atoms with Crippen molar-refractivity contribution in [3.05, 3.63) is 10.7 Å². The summed E-state index contributed by atoms with van der Waals surface area (Å²) < 4.78 is 36.1. The van der Waals surface area contributed by atoms with Gasteiger partial charge in [-0.3, -0.25) is 9.79 Å². The molecule has 0 aliphatic heterocycles. The summed E-state index contributed by atoms with van der Waals surface area (Å²) in [6, 6.07) is 0. The van der Waals surface area contributed by atoms with Crippen LogP contribution in [-0.4, -0.2) is 29.5 Å². The molecule has 0 fully saturated rings. The smallest absolute Gasteiger partial charge is 0.432 e. The lowest BCUT2D eigenvalue weighted by Gasteiger charge is -2.08. The molecule has 0 saturated heterocycles. The lowest BCUT2D eigenvalue weighted by Crippen LogP contribution is -2.22. The van der Waals surface area contributed by atoms with Crippen LogP contribution >= 0.6 is 11.6 Å². The maximum atomic E-state index is 12.0. The van der Waals surface area contributed by atoms with Gasteiger partial charge in [-0.2, -0.15) is 13.2 Å². The molecule has 0 saturated carbocycles. The quantitative estimate of drug-likeness (QED) is 0.739. The molecule has 4 nitrogen and oxygen atoms in total. The van der Waals surface area contributed by atoms with Crippen molar-refractivity contribution in [3.63, 3.8) is 0 Å². The fourth-order valence-electron chi connectivity index (χ4n) is 0.575. The third-order valence-electron chi connectivity index (χ3n) is 1.31. The van der Waals surface area contributed by atoms with E-state index in [9.17, 15) is 18.0 Å². The summed E-state index contributed by atoms with van der Waals surface area (Å²) >= 11 is 5.26. The van der Waals surface area contributed by atoms with Gasteiger partial charge in [-0.1, -0.05) is 11.6 Å². The Morgan fingerprint density at radius 3 is 2.33 bits per heavy atom. The van der Waals surface area contributed by atoms with Gasteiger partial charge in [-0.25, -0.2) is 0 Å². The zero-order valence-corrected chi connectivity index (χ0v) is 8.35. The van der Waals surface area contributed by atoms with Gasteiger partial charge in [0, 0.05) is 0 Å².